The molecule has 5 nitrogen and oxygen atoms in total. The molecule has 116 valence electrons. The van der Waals surface area contributed by atoms with E-state index in [4.69, 9.17) is 16.3 Å². The number of benzene rings is 2. The van der Waals surface area contributed by atoms with Gasteiger partial charge in [-0.25, -0.2) is 4.79 Å². The minimum atomic E-state index is -0.447. The van der Waals surface area contributed by atoms with Crippen LogP contribution in [-0.4, -0.2) is 18.2 Å². The number of aliphatic hydroxyl groups excluding tert-OH is 1. The van der Waals surface area contributed by atoms with Gasteiger partial charge in [-0.15, -0.1) is 0 Å². The maximum Gasteiger partial charge on any atom is 0.323 e. The fourth-order valence-corrected chi connectivity index (χ4v) is 2.58. The number of anilines is 2. The summed E-state index contributed by atoms with van der Waals surface area (Å²) in [6, 6.07) is 9.77. The third kappa shape index (κ3) is 4.13. The van der Waals surface area contributed by atoms with E-state index < -0.39 is 6.03 Å². The molecule has 2 aromatic carbocycles. The lowest BCUT2D eigenvalue weighted by Crippen LogP contribution is -2.20. The Morgan fingerprint density at radius 1 is 1.32 bits per heavy atom. The van der Waals surface area contributed by atoms with Gasteiger partial charge in [0.25, 0.3) is 0 Å². The molecule has 0 fully saturated rings. The molecule has 0 aliphatic carbocycles. The van der Waals surface area contributed by atoms with Gasteiger partial charge in [-0.1, -0.05) is 33.6 Å². The number of nitrogens with one attached hydrogen (secondary N) is 2. The highest BCUT2D eigenvalue weighted by molar-refractivity contribution is 9.10. The van der Waals surface area contributed by atoms with Crippen molar-refractivity contribution in [3.63, 3.8) is 0 Å². The molecule has 0 aliphatic heterocycles. The summed E-state index contributed by atoms with van der Waals surface area (Å²) in [4.78, 5) is 12.1. The monoisotopic (exact) mass is 384 g/mol. The molecule has 2 rings (SSSR count). The smallest absolute Gasteiger partial charge is 0.323 e. The lowest BCUT2D eigenvalue weighted by Gasteiger charge is -2.12. The lowest BCUT2D eigenvalue weighted by atomic mass is 10.2. The Balaban J connectivity index is 2.14. The zero-order valence-corrected chi connectivity index (χ0v) is 14.0. The topological polar surface area (TPSA) is 70.6 Å². The number of aliphatic hydroxyl groups is 1. The van der Waals surface area contributed by atoms with Crippen molar-refractivity contribution >= 4 is 44.9 Å². The van der Waals surface area contributed by atoms with E-state index in [-0.39, 0.29) is 6.61 Å². The third-order valence-corrected chi connectivity index (χ3v) is 3.70. The number of amides is 2. The van der Waals surface area contributed by atoms with Crippen molar-refractivity contribution in [1.82, 2.24) is 0 Å². The average molecular weight is 386 g/mol. The molecule has 0 radical (unpaired) electrons. The summed E-state index contributed by atoms with van der Waals surface area (Å²) in [5, 5.41) is 15.1. The van der Waals surface area contributed by atoms with E-state index in [1.807, 2.05) is 0 Å². The van der Waals surface area contributed by atoms with Crippen LogP contribution in [0.1, 0.15) is 5.56 Å². The normalized spacial score (nSPS) is 10.2. The highest BCUT2D eigenvalue weighted by Crippen LogP contribution is 2.26. The van der Waals surface area contributed by atoms with Crippen molar-refractivity contribution in [2.24, 2.45) is 0 Å². The number of methoxy groups -OCH3 is 1. The Kier molecular flexibility index (Phi) is 5.65. The first kappa shape index (κ1) is 16.6. The molecule has 0 bridgehead atoms. The van der Waals surface area contributed by atoms with Gasteiger partial charge >= 0.3 is 6.03 Å². The van der Waals surface area contributed by atoms with Gasteiger partial charge in [-0.3, -0.25) is 0 Å². The molecule has 2 aromatic rings. The van der Waals surface area contributed by atoms with Gasteiger partial charge in [0, 0.05) is 32.5 Å². The van der Waals surface area contributed by atoms with Crippen LogP contribution in [0.5, 0.6) is 5.75 Å². The van der Waals surface area contributed by atoms with Crippen LogP contribution >= 0.6 is 27.5 Å². The van der Waals surface area contributed by atoms with Gasteiger partial charge < -0.3 is 20.5 Å². The standard InChI is InChI=1S/C15H14BrClN2O3/c1-22-11-6-9(16)5-10(7-11)18-15(21)19-14-4-2-3-13(17)12(14)8-20/h2-7,20H,8H2,1H3,(H2,18,19,21). The van der Waals surface area contributed by atoms with Crippen LogP contribution in [0.2, 0.25) is 5.02 Å². The van der Waals surface area contributed by atoms with E-state index in [9.17, 15) is 9.90 Å². The van der Waals surface area contributed by atoms with Crippen LogP contribution < -0.4 is 15.4 Å². The first-order valence-corrected chi connectivity index (χ1v) is 7.51. The largest absolute Gasteiger partial charge is 0.497 e. The van der Waals surface area contributed by atoms with E-state index in [1.165, 1.54) is 0 Å². The molecule has 0 unspecified atom stereocenters. The molecule has 0 saturated carbocycles. The predicted molar refractivity (Wildman–Crippen MR) is 90.7 cm³/mol. The second-order valence-electron chi connectivity index (χ2n) is 4.38. The summed E-state index contributed by atoms with van der Waals surface area (Å²) in [7, 11) is 1.55. The molecule has 2 amide bonds. The number of carbonyl (C=O) groups is 1. The van der Waals surface area contributed by atoms with Crippen LogP contribution in [-0.2, 0) is 6.61 Å². The Bertz CT molecular complexity index is 694. The highest BCUT2D eigenvalue weighted by atomic mass is 79.9. The maximum atomic E-state index is 12.1. The Morgan fingerprint density at radius 2 is 2.09 bits per heavy atom. The second kappa shape index (κ2) is 7.49. The van der Waals surface area contributed by atoms with Gasteiger partial charge in [-0.2, -0.15) is 0 Å². The fourth-order valence-electron chi connectivity index (χ4n) is 1.87. The molecule has 22 heavy (non-hydrogen) atoms. The Hall–Kier alpha value is -1.76. The van der Waals surface area contributed by atoms with Gasteiger partial charge in [0.1, 0.15) is 5.75 Å². The molecule has 0 saturated heterocycles. The molecular weight excluding hydrogens is 372 g/mol. The van der Waals surface area contributed by atoms with E-state index in [1.54, 1.807) is 43.5 Å². The zero-order valence-electron chi connectivity index (χ0n) is 11.7. The fraction of sp³-hybridized carbons (Fsp3) is 0.133. The highest BCUT2D eigenvalue weighted by Gasteiger charge is 2.10. The second-order valence-corrected chi connectivity index (χ2v) is 5.71. The minimum Gasteiger partial charge on any atom is -0.497 e. The van der Waals surface area contributed by atoms with E-state index in [0.29, 0.717) is 27.7 Å². The molecule has 3 N–H and O–H groups in total. The van der Waals surface area contributed by atoms with Crippen LogP contribution in [0.3, 0.4) is 0 Å². The molecule has 0 heterocycles. The molecule has 0 spiro atoms. The molecular formula is C15H14BrClN2O3. The van der Waals surface area contributed by atoms with Gasteiger partial charge in [-0.05, 0) is 24.3 Å². The first-order valence-electron chi connectivity index (χ1n) is 6.34. The maximum absolute atomic E-state index is 12.1. The van der Waals surface area contributed by atoms with Crippen molar-refractivity contribution in [3.8, 4) is 5.75 Å². The molecule has 0 aromatic heterocycles. The van der Waals surface area contributed by atoms with Crippen LogP contribution in [0.15, 0.2) is 40.9 Å². The summed E-state index contributed by atoms with van der Waals surface area (Å²) >= 11 is 9.32. The summed E-state index contributed by atoms with van der Waals surface area (Å²) in [5.74, 6) is 0.614. The van der Waals surface area contributed by atoms with Gasteiger partial charge in [0.2, 0.25) is 0 Å². The summed E-state index contributed by atoms with van der Waals surface area (Å²) in [6.45, 7) is -0.264. The van der Waals surface area contributed by atoms with Crippen LogP contribution in [0.25, 0.3) is 0 Å². The number of urea groups is 1. The van der Waals surface area contributed by atoms with Crippen molar-refractivity contribution in [1.29, 1.82) is 0 Å². The van der Waals surface area contributed by atoms with Crippen molar-refractivity contribution in [2.45, 2.75) is 6.61 Å². The minimum absolute atomic E-state index is 0.264. The number of hydrogen-bond acceptors (Lipinski definition) is 3. The quantitative estimate of drug-likeness (QED) is 0.737. The first-order chi connectivity index (χ1) is 10.5. The van der Waals surface area contributed by atoms with Crippen molar-refractivity contribution in [2.75, 3.05) is 17.7 Å². The lowest BCUT2D eigenvalue weighted by molar-refractivity contribution is 0.262. The Labute approximate surface area is 141 Å². The number of hydrogen-bond donors (Lipinski definition) is 3. The molecule has 7 heteroatoms. The third-order valence-electron chi connectivity index (χ3n) is 2.89. The van der Waals surface area contributed by atoms with Crippen LogP contribution in [0, 0.1) is 0 Å². The number of carbonyl (C=O) groups excluding carboxylic acids is 1. The number of ether oxygens (including phenoxy) is 1. The van der Waals surface area contributed by atoms with Gasteiger partial charge in [0.15, 0.2) is 0 Å². The number of rotatable bonds is 4. The predicted octanol–water partition coefficient (Wildman–Crippen LogP) is 4.25. The summed E-state index contributed by atoms with van der Waals surface area (Å²) in [6.07, 6.45) is 0. The van der Waals surface area contributed by atoms with Crippen molar-refractivity contribution in [3.05, 3.63) is 51.5 Å². The summed E-state index contributed by atoms with van der Waals surface area (Å²) < 4.78 is 5.91. The van der Waals surface area contributed by atoms with E-state index >= 15 is 0 Å². The molecule has 0 atom stereocenters. The average Bonchev–Trinajstić information content (AvgIpc) is 2.46. The van der Waals surface area contributed by atoms with Crippen LogP contribution in [0.4, 0.5) is 16.2 Å². The van der Waals surface area contributed by atoms with E-state index in [0.717, 1.165) is 4.47 Å². The van der Waals surface area contributed by atoms with Gasteiger partial charge in [0.05, 0.1) is 13.7 Å². The molecule has 0 aliphatic rings. The van der Waals surface area contributed by atoms with E-state index in [2.05, 4.69) is 26.6 Å². The zero-order chi connectivity index (χ0) is 16.1. The summed E-state index contributed by atoms with van der Waals surface area (Å²) in [5.41, 5.74) is 1.48. The Morgan fingerprint density at radius 3 is 2.77 bits per heavy atom. The number of halogens is 2. The SMILES string of the molecule is COc1cc(Br)cc(NC(=O)Nc2cccc(Cl)c2CO)c1. The van der Waals surface area contributed by atoms with Crippen molar-refractivity contribution < 1.29 is 14.6 Å².